The lowest BCUT2D eigenvalue weighted by molar-refractivity contribution is -0.146. The molecule has 0 heterocycles. The molecule has 0 aromatic heterocycles. The van der Waals surface area contributed by atoms with Gasteiger partial charge in [-0.2, -0.15) is 0 Å². The van der Waals surface area contributed by atoms with Gasteiger partial charge in [0.2, 0.25) is 0 Å². The van der Waals surface area contributed by atoms with Gasteiger partial charge in [0.15, 0.2) is 0 Å². The number of halogens is 2. The number of hydrogen-bond donors (Lipinski definition) is 0. The van der Waals surface area contributed by atoms with E-state index in [0.717, 1.165) is 4.47 Å². The average molecular weight is 289 g/mol. The predicted octanol–water partition coefficient (Wildman–Crippen LogP) is 3.59. The minimum atomic E-state index is -1.69. The third kappa shape index (κ3) is 3.59. The maximum absolute atomic E-state index is 14.2. The van der Waals surface area contributed by atoms with Gasteiger partial charge < -0.3 is 4.74 Å². The molecule has 4 heteroatoms. The van der Waals surface area contributed by atoms with Crippen LogP contribution in [0.5, 0.6) is 0 Å². The number of rotatable bonds is 4. The highest BCUT2D eigenvalue weighted by Gasteiger charge is 2.29. The molecule has 0 saturated carbocycles. The van der Waals surface area contributed by atoms with Crippen LogP contribution in [0.4, 0.5) is 4.39 Å². The summed E-state index contributed by atoms with van der Waals surface area (Å²) in [5.41, 5.74) is -1.21. The van der Waals surface area contributed by atoms with Crippen LogP contribution in [-0.4, -0.2) is 12.6 Å². The monoisotopic (exact) mass is 288 g/mol. The molecular weight excluding hydrogens is 275 g/mol. The Morgan fingerprint density at radius 2 is 2.00 bits per heavy atom. The SMILES string of the molecule is CCOC(=O)CC(C)(F)c1ccc(Br)cc1. The first-order valence-corrected chi connectivity index (χ1v) is 5.85. The van der Waals surface area contributed by atoms with Crippen molar-refractivity contribution < 1.29 is 13.9 Å². The minimum absolute atomic E-state index is 0.261. The second-order valence-electron chi connectivity index (χ2n) is 3.69. The highest BCUT2D eigenvalue weighted by molar-refractivity contribution is 9.10. The molecule has 2 nitrogen and oxygen atoms in total. The van der Waals surface area contributed by atoms with Crippen molar-refractivity contribution in [3.63, 3.8) is 0 Å². The van der Waals surface area contributed by atoms with Gasteiger partial charge in [0.05, 0.1) is 13.0 Å². The van der Waals surface area contributed by atoms with E-state index in [0.29, 0.717) is 5.56 Å². The minimum Gasteiger partial charge on any atom is -0.466 e. The molecule has 1 atom stereocenters. The number of alkyl halides is 1. The first-order valence-electron chi connectivity index (χ1n) is 5.06. The highest BCUT2D eigenvalue weighted by atomic mass is 79.9. The topological polar surface area (TPSA) is 26.3 Å². The molecule has 0 aliphatic heterocycles. The summed E-state index contributed by atoms with van der Waals surface area (Å²) in [5, 5.41) is 0. The average Bonchev–Trinajstić information content (AvgIpc) is 2.17. The second kappa shape index (κ2) is 5.43. The van der Waals surface area contributed by atoms with E-state index in [2.05, 4.69) is 15.9 Å². The maximum atomic E-state index is 14.2. The van der Waals surface area contributed by atoms with E-state index in [1.807, 2.05) is 0 Å². The van der Waals surface area contributed by atoms with E-state index in [-0.39, 0.29) is 13.0 Å². The van der Waals surface area contributed by atoms with E-state index >= 15 is 0 Å². The van der Waals surface area contributed by atoms with Gasteiger partial charge in [-0.25, -0.2) is 4.39 Å². The predicted molar refractivity (Wildman–Crippen MR) is 63.9 cm³/mol. The molecule has 0 amide bonds. The molecule has 0 N–H and O–H groups in total. The van der Waals surface area contributed by atoms with Crippen LogP contribution in [0, 0.1) is 0 Å². The van der Waals surface area contributed by atoms with Crippen LogP contribution < -0.4 is 0 Å². The van der Waals surface area contributed by atoms with Gasteiger partial charge in [-0.1, -0.05) is 28.1 Å². The number of carbonyl (C=O) groups excluding carboxylic acids is 1. The van der Waals surface area contributed by atoms with Crippen molar-refractivity contribution >= 4 is 21.9 Å². The van der Waals surface area contributed by atoms with Crippen LogP contribution in [0.25, 0.3) is 0 Å². The van der Waals surface area contributed by atoms with E-state index in [9.17, 15) is 9.18 Å². The fraction of sp³-hybridized carbons (Fsp3) is 0.417. The quantitative estimate of drug-likeness (QED) is 0.792. The second-order valence-corrected chi connectivity index (χ2v) is 4.60. The van der Waals surface area contributed by atoms with Crippen molar-refractivity contribution in [2.75, 3.05) is 6.61 Å². The first-order chi connectivity index (χ1) is 7.45. The van der Waals surface area contributed by atoms with E-state index in [4.69, 9.17) is 4.74 Å². The molecule has 0 spiro atoms. The normalized spacial score (nSPS) is 14.2. The Labute approximate surface area is 103 Å². The van der Waals surface area contributed by atoms with Gasteiger partial charge in [-0.15, -0.1) is 0 Å². The molecule has 0 fully saturated rings. The third-order valence-electron chi connectivity index (χ3n) is 2.23. The van der Waals surface area contributed by atoms with Crippen LogP contribution in [0.3, 0.4) is 0 Å². The van der Waals surface area contributed by atoms with Crippen molar-refractivity contribution in [3.8, 4) is 0 Å². The fourth-order valence-corrected chi connectivity index (χ4v) is 1.65. The van der Waals surface area contributed by atoms with Gasteiger partial charge >= 0.3 is 5.97 Å². The molecule has 0 bridgehead atoms. The van der Waals surface area contributed by atoms with Crippen molar-refractivity contribution in [2.24, 2.45) is 0 Å². The third-order valence-corrected chi connectivity index (χ3v) is 2.76. The zero-order valence-corrected chi connectivity index (χ0v) is 10.9. The van der Waals surface area contributed by atoms with E-state index in [1.54, 1.807) is 31.2 Å². The van der Waals surface area contributed by atoms with Gasteiger partial charge in [0.1, 0.15) is 5.67 Å². The molecule has 88 valence electrons. The van der Waals surface area contributed by atoms with Crippen molar-refractivity contribution in [1.82, 2.24) is 0 Å². The molecule has 0 saturated heterocycles. The Morgan fingerprint density at radius 3 is 2.50 bits per heavy atom. The molecule has 1 aromatic rings. The summed E-state index contributed by atoms with van der Waals surface area (Å²) in [6.45, 7) is 3.36. The van der Waals surface area contributed by atoms with Gasteiger partial charge in [-0.05, 0) is 31.5 Å². The number of ether oxygens (including phenoxy) is 1. The number of hydrogen-bond acceptors (Lipinski definition) is 2. The summed E-state index contributed by atoms with van der Waals surface area (Å²) in [4.78, 5) is 11.2. The Bertz CT molecular complexity index is 360. The lowest BCUT2D eigenvalue weighted by Crippen LogP contribution is -2.21. The fourth-order valence-electron chi connectivity index (χ4n) is 1.38. The zero-order valence-electron chi connectivity index (χ0n) is 9.30. The van der Waals surface area contributed by atoms with Gasteiger partial charge in [-0.3, -0.25) is 4.79 Å². The molecule has 1 unspecified atom stereocenters. The van der Waals surface area contributed by atoms with E-state index < -0.39 is 11.6 Å². The lowest BCUT2D eigenvalue weighted by Gasteiger charge is -2.19. The smallest absolute Gasteiger partial charge is 0.309 e. The van der Waals surface area contributed by atoms with E-state index in [1.165, 1.54) is 6.92 Å². The van der Waals surface area contributed by atoms with Crippen LogP contribution in [0.2, 0.25) is 0 Å². The molecule has 1 aromatic carbocycles. The standard InChI is InChI=1S/C12H14BrFO2/c1-3-16-11(15)8-12(2,14)9-4-6-10(13)7-5-9/h4-7H,3,8H2,1-2H3. The first kappa shape index (κ1) is 13.2. The zero-order chi connectivity index (χ0) is 12.2. The summed E-state index contributed by atoms with van der Waals surface area (Å²) in [7, 11) is 0. The Balaban J connectivity index is 2.76. The number of carbonyl (C=O) groups is 1. The largest absolute Gasteiger partial charge is 0.466 e. The molecule has 0 aliphatic carbocycles. The van der Waals surface area contributed by atoms with Crippen molar-refractivity contribution in [1.29, 1.82) is 0 Å². The summed E-state index contributed by atoms with van der Waals surface area (Å²) in [5.74, 6) is -0.518. The van der Waals surface area contributed by atoms with Crippen molar-refractivity contribution in [3.05, 3.63) is 34.3 Å². The molecular formula is C12H14BrFO2. The number of esters is 1. The molecule has 16 heavy (non-hydrogen) atoms. The molecule has 1 rings (SSSR count). The van der Waals surface area contributed by atoms with Crippen molar-refractivity contribution in [2.45, 2.75) is 25.9 Å². The Morgan fingerprint density at radius 1 is 1.44 bits per heavy atom. The summed E-state index contributed by atoms with van der Waals surface area (Å²) >= 11 is 3.27. The van der Waals surface area contributed by atoms with Gasteiger partial charge in [0.25, 0.3) is 0 Å². The number of benzene rings is 1. The Kier molecular flexibility index (Phi) is 4.47. The summed E-state index contributed by atoms with van der Waals surface area (Å²) in [6, 6.07) is 6.81. The Hall–Kier alpha value is -0.900. The van der Waals surface area contributed by atoms with Gasteiger partial charge in [0, 0.05) is 4.47 Å². The summed E-state index contributed by atoms with van der Waals surface area (Å²) < 4.78 is 19.8. The van der Waals surface area contributed by atoms with Crippen LogP contribution in [-0.2, 0) is 15.2 Å². The highest BCUT2D eigenvalue weighted by Crippen LogP contribution is 2.30. The lowest BCUT2D eigenvalue weighted by atomic mass is 9.95. The van der Waals surface area contributed by atoms with Crippen LogP contribution in [0.1, 0.15) is 25.8 Å². The summed E-state index contributed by atoms with van der Waals surface area (Å²) in [6.07, 6.45) is -0.261. The molecule has 0 aliphatic rings. The van der Waals surface area contributed by atoms with Crippen LogP contribution >= 0.6 is 15.9 Å². The molecule has 0 radical (unpaired) electrons. The maximum Gasteiger partial charge on any atom is 0.309 e. The van der Waals surface area contributed by atoms with Crippen LogP contribution in [0.15, 0.2) is 28.7 Å².